The monoisotopic (exact) mass is 288 g/mol. The van der Waals surface area contributed by atoms with E-state index in [4.69, 9.17) is 0 Å². The van der Waals surface area contributed by atoms with Crippen molar-refractivity contribution in [1.82, 2.24) is 10.6 Å². The number of rotatable bonds is 6. The Morgan fingerprint density at radius 3 is 2.63 bits per heavy atom. The molecule has 1 unspecified atom stereocenters. The Kier molecular flexibility index (Phi) is 6.61. The third kappa shape index (κ3) is 4.35. The summed E-state index contributed by atoms with van der Waals surface area (Å²) in [5, 5.41) is 6.57. The molecule has 112 valence electrons. The minimum absolute atomic E-state index is 0. The number of amides is 1. The first-order valence-electron chi connectivity index (χ1n) is 7.61. The number of nitrogens with one attached hydrogen (secondary N) is 2. The Morgan fingerprint density at radius 2 is 2.16 bits per heavy atom. The van der Waals surface area contributed by atoms with E-state index in [0.717, 1.165) is 51.2 Å². The molecule has 1 atom stereocenters. The highest BCUT2D eigenvalue weighted by atomic mass is 35.5. The summed E-state index contributed by atoms with van der Waals surface area (Å²) in [4.78, 5) is 12.3. The predicted molar refractivity (Wildman–Crippen MR) is 81.6 cm³/mol. The molecule has 0 aromatic rings. The molecule has 1 aliphatic carbocycles. The maximum atomic E-state index is 12.3. The smallest absolute Gasteiger partial charge is 0.226 e. The van der Waals surface area contributed by atoms with E-state index in [2.05, 4.69) is 24.5 Å². The van der Waals surface area contributed by atoms with Crippen molar-refractivity contribution in [3.8, 4) is 0 Å². The summed E-state index contributed by atoms with van der Waals surface area (Å²) >= 11 is 0. The third-order valence-corrected chi connectivity index (χ3v) is 4.59. The number of hydrogen-bond acceptors (Lipinski definition) is 2. The first-order valence-corrected chi connectivity index (χ1v) is 7.61. The fourth-order valence-electron chi connectivity index (χ4n) is 3.45. The SMILES string of the molecule is CC(C)CC1(C(=O)NCCC2CCNC2)CCC1.Cl. The Hall–Kier alpha value is -0.280. The van der Waals surface area contributed by atoms with Gasteiger partial charge in [0.05, 0.1) is 0 Å². The van der Waals surface area contributed by atoms with Crippen LogP contribution >= 0.6 is 12.4 Å². The number of halogens is 1. The van der Waals surface area contributed by atoms with Gasteiger partial charge in [0.15, 0.2) is 0 Å². The summed E-state index contributed by atoms with van der Waals surface area (Å²) in [7, 11) is 0. The Bertz CT molecular complexity index is 284. The van der Waals surface area contributed by atoms with Crippen molar-refractivity contribution in [3.05, 3.63) is 0 Å². The van der Waals surface area contributed by atoms with Crippen LogP contribution in [0.15, 0.2) is 0 Å². The number of carbonyl (C=O) groups excluding carboxylic acids is 1. The summed E-state index contributed by atoms with van der Waals surface area (Å²) in [6, 6.07) is 0. The van der Waals surface area contributed by atoms with E-state index >= 15 is 0 Å². The molecule has 4 heteroatoms. The fourth-order valence-corrected chi connectivity index (χ4v) is 3.45. The lowest BCUT2D eigenvalue weighted by Crippen LogP contribution is -2.46. The highest BCUT2D eigenvalue weighted by Crippen LogP contribution is 2.46. The normalized spacial score (nSPS) is 24.7. The van der Waals surface area contributed by atoms with E-state index in [1.54, 1.807) is 0 Å². The van der Waals surface area contributed by atoms with Crippen molar-refractivity contribution in [2.75, 3.05) is 19.6 Å². The molecule has 0 aromatic carbocycles. The van der Waals surface area contributed by atoms with Gasteiger partial charge in [0, 0.05) is 12.0 Å². The summed E-state index contributed by atoms with van der Waals surface area (Å²) in [6.07, 6.45) is 6.89. The summed E-state index contributed by atoms with van der Waals surface area (Å²) < 4.78 is 0. The van der Waals surface area contributed by atoms with Gasteiger partial charge < -0.3 is 10.6 Å². The second-order valence-electron chi connectivity index (χ2n) is 6.64. The maximum Gasteiger partial charge on any atom is 0.226 e. The maximum absolute atomic E-state index is 12.3. The second kappa shape index (κ2) is 7.49. The largest absolute Gasteiger partial charge is 0.356 e. The van der Waals surface area contributed by atoms with Crippen LogP contribution in [0.3, 0.4) is 0 Å². The fraction of sp³-hybridized carbons (Fsp3) is 0.933. The molecule has 0 radical (unpaired) electrons. The van der Waals surface area contributed by atoms with E-state index in [1.807, 2.05) is 0 Å². The molecule has 2 fully saturated rings. The molecule has 2 N–H and O–H groups in total. The van der Waals surface area contributed by atoms with Gasteiger partial charge in [-0.1, -0.05) is 20.3 Å². The van der Waals surface area contributed by atoms with Crippen LogP contribution in [0.1, 0.15) is 52.4 Å². The van der Waals surface area contributed by atoms with Gasteiger partial charge >= 0.3 is 0 Å². The molecule has 1 saturated carbocycles. The van der Waals surface area contributed by atoms with Crippen LogP contribution in [-0.4, -0.2) is 25.5 Å². The molecule has 0 bridgehead atoms. The summed E-state index contributed by atoms with van der Waals surface area (Å²) in [5.74, 6) is 1.72. The van der Waals surface area contributed by atoms with E-state index in [9.17, 15) is 4.79 Å². The minimum atomic E-state index is -0.0118. The summed E-state index contributed by atoms with van der Waals surface area (Å²) in [5.41, 5.74) is -0.0118. The van der Waals surface area contributed by atoms with Gasteiger partial charge in [-0.15, -0.1) is 12.4 Å². The third-order valence-electron chi connectivity index (χ3n) is 4.59. The zero-order valence-electron chi connectivity index (χ0n) is 12.3. The molecular formula is C15H29ClN2O. The van der Waals surface area contributed by atoms with Gasteiger partial charge in [-0.25, -0.2) is 0 Å². The van der Waals surface area contributed by atoms with Crippen LogP contribution in [0.25, 0.3) is 0 Å². The molecule has 1 amide bonds. The lowest BCUT2D eigenvalue weighted by molar-refractivity contribution is -0.137. The highest BCUT2D eigenvalue weighted by Gasteiger charge is 2.43. The van der Waals surface area contributed by atoms with Crippen molar-refractivity contribution in [2.45, 2.75) is 52.4 Å². The van der Waals surface area contributed by atoms with Crippen molar-refractivity contribution in [1.29, 1.82) is 0 Å². The van der Waals surface area contributed by atoms with E-state index in [0.29, 0.717) is 11.8 Å². The molecule has 2 rings (SSSR count). The molecule has 1 aliphatic heterocycles. The Labute approximate surface area is 123 Å². The minimum Gasteiger partial charge on any atom is -0.356 e. The van der Waals surface area contributed by atoms with E-state index in [-0.39, 0.29) is 17.8 Å². The van der Waals surface area contributed by atoms with Crippen molar-refractivity contribution >= 4 is 18.3 Å². The highest BCUT2D eigenvalue weighted by molar-refractivity contribution is 5.85. The molecule has 1 heterocycles. The van der Waals surface area contributed by atoms with E-state index in [1.165, 1.54) is 12.8 Å². The topological polar surface area (TPSA) is 41.1 Å². The molecule has 2 aliphatic rings. The number of carbonyl (C=O) groups is 1. The van der Waals surface area contributed by atoms with Gasteiger partial charge in [0.2, 0.25) is 5.91 Å². The Balaban J connectivity index is 0.00000180. The summed E-state index contributed by atoms with van der Waals surface area (Å²) in [6.45, 7) is 7.59. The van der Waals surface area contributed by atoms with Crippen LogP contribution < -0.4 is 10.6 Å². The first-order chi connectivity index (χ1) is 8.62. The van der Waals surface area contributed by atoms with Crippen molar-refractivity contribution < 1.29 is 4.79 Å². The van der Waals surface area contributed by atoms with Crippen molar-refractivity contribution in [2.24, 2.45) is 17.3 Å². The average molecular weight is 289 g/mol. The van der Waals surface area contributed by atoms with Gasteiger partial charge in [-0.2, -0.15) is 0 Å². The second-order valence-corrected chi connectivity index (χ2v) is 6.64. The Morgan fingerprint density at radius 1 is 1.42 bits per heavy atom. The van der Waals surface area contributed by atoms with Gasteiger partial charge in [-0.3, -0.25) is 4.79 Å². The molecule has 1 saturated heterocycles. The van der Waals surface area contributed by atoms with Gasteiger partial charge in [0.1, 0.15) is 0 Å². The standard InChI is InChI=1S/C15H28N2O.ClH/c1-12(2)10-15(6-3-7-15)14(18)17-9-5-13-4-8-16-11-13;/h12-13,16H,3-11H2,1-2H3,(H,17,18);1H. The van der Waals surface area contributed by atoms with Gasteiger partial charge in [0.25, 0.3) is 0 Å². The van der Waals surface area contributed by atoms with Crippen LogP contribution in [0, 0.1) is 17.3 Å². The molecule has 0 aromatic heterocycles. The average Bonchev–Trinajstić information content (AvgIpc) is 2.76. The zero-order chi connectivity index (χ0) is 13.0. The molecular weight excluding hydrogens is 260 g/mol. The van der Waals surface area contributed by atoms with Crippen molar-refractivity contribution in [3.63, 3.8) is 0 Å². The van der Waals surface area contributed by atoms with Crippen LogP contribution in [0.2, 0.25) is 0 Å². The molecule has 19 heavy (non-hydrogen) atoms. The van der Waals surface area contributed by atoms with Crippen LogP contribution in [0.4, 0.5) is 0 Å². The lowest BCUT2D eigenvalue weighted by atomic mass is 9.64. The predicted octanol–water partition coefficient (Wildman–Crippen LogP) is 2.74. The lowest BCUT2D eigenvalue weighted by Gasteiger charge is -2.41. The first kappa shape index (κ1) is 16.8. The number of hydrogen-bond donors (Lipinski definition) is 2. The molecule has 0 spiro atoms. The van der Waals surface area contributed by atoms with E-state index < -0.39 is 0 Å². The van der Waals surface area contributed by atoms with Crippen LogP contribution in [-0.2, 0) is 4.79 Å². The van der Waals surface area contributed by atoms with Crippen LogP contribution in [0.5, 0.6) is 0 Å². The van der Waals surface area contributed by atoms with Gasteiger partial charge in [-0.05, 0) is 57.0 Å². The zero-order valence-corrected chi connectivity index (χ0v) is 13.2. The molecule has 3 nitrogen and oxygen atoms in total. The quantitative estimate of drug-likeness (QED) is 0.789.